The maximum absolute atomic E-state index is 12.4. The lowest BCUT2D eigenvalue weighted by atomic mass is 10.2. The molecule has 7 heteroatoms. The van der Waals surface area contributed by atoms with Crippen LogP contribution >= 0.6 is 11.8 Å². The van der Waals surface area contributed by atoms with Crippen LogP contribution in [0.2, 0.25) is 0 Å². The van der Waals surface area contributed by atoms with Gasteiger partial charge in [-0.1, -0.05) is 54.2 Å². The van der Waals surface area contributed by atoms with Crippen LogP contribution in [0.1, 0.15) is 17.0 Å². The molecule has 0 aliphatic heterocycles. The van der Waals surface area contributed by atoms with Crippen LogP contribution in [0.3, 0.4) is 0 Å². The zero-order valence-corrected chi connectivity index (χ0v) is 17.1. The van der Waals surface area contributed by atoms with Crippen LogP contribution in [0, 0.1) is 0 Å². The van der Waals surface area contributed by atoms with Crippen LogP contribution in [0.15, 0.2) is 64.2 Å². The lowest BCUT2D eigenvalue weighted by Crippen LogP contribution is -2.27. The minimum atomic E-state index is 0.0181. The number of amides is 1. The lowest BCUT2D eigenvalue weighted by Gasteiger charge is -2.18. The van der Waals surface area contributed by atoms with Gasteiger partial charge in [0.2, 0.25) is 11.8 Å². The van der Waals surface area contributed by atoms with Crippen molar-refractivity contribution in [1.82, 2.24) is 15.1 Å². The van der Waals surface area contributed by atoms with Crippen LogP contribution in [-0.4, -0.2) is 47.9 Å². The predicted octanol–water partition coefficient (Wildman–Crippen LogP) is 3.48. The standard InChI is InChI=1S/C21H24N4O2S/c1-24(2)18-11-9-17(10-12-18)14-25(3)20(26)15-28-21-23-22-19(27-21)13-16-7-5-4-6-8-16/h4-12H,13-15H2,1-3H3. The van der Waals surface area contributed by atoms with Gasteiger partial charge in [0.15, 0.2) is 0 Å². The van der Waals surface area contributed by atoms with E-state index in [-0.39, 0.29) is 11.7 Å². The van der Waals surface area contributed by atoms with Crippen LogP contribution in [0.5, 0.6) is 0 Å². The molecular weight excluding hydrogens is 372 g/mol. The normalized spacial score (nSPS) is 10.7. The third-order valence-electron chi connectivity index (χ3n) is 4.26. The maximum Gasteiger partial charge on any atom is 0.277 e. The van der Waals surface area contributed by atoms with Crippen LogP contribution in [0.25, 0.3) is 0 Å². The first-order valence-electron chi connectivity index (χ1n) is 9.00. The molecule has 28 heavy (non-hydrogen) atoms. The van der Waals surface area contributed by atoms with Crippen molar-refractivity contribution in [3.63, 3.8) is 0 Å². The Morgan fingerprint density at radius 3 is 2.36 bits per heavy atom. The van der Waals surface area contributed by atoms with E-state index < -0.39 is 0 Å². The van der Waals surface area contributed by atoms with Crippen molar-refractivity contribution in [2.24, 2.45) is 0 Å². The Morgan fingerprint density at radius 2 is 1.68 bits per heavy atom. The maximum atomic E-state index is 12.4. The smallest absolute Gasteiger partial charge is 0.277 e. The molecule has 1 heterocycles. The van der Waals surface area contributed by atoms with Crippen LogP contribution < -0.4 is 4.90 Å². The number of anilines is 1. The largest absolute Gasteiger partial charge is 0.416 e. The summed E-state index contributed by atoms with van der Waals surface area (Å²) in [6.45, 7) is 0.566. The van der Waals surface area contributed by atoms with Crippen molar-refractivity contribution in [3.05, 3.63) is 71.6 Å². The molecule has 0 fully saturated rings. The van der Waals surface area contributed by atoms with Gasteiger partial charge in [-0.25, -0.2) is 0 Å². The van der Waals surface area contributed by atoms with Crippen LogP contribution in [-0.2, 0) is 17.8 Å². The molecule has 0 saturated heterocycles. The van der Waals surface area contributed by atoms with Gasteiger partial charge in [-0.3, -0.25) is 4.79 Å². The van der Waals surface area contributed by atoms with Gasteiger partial charge in [-0.05, 0) is 23.3 Å². The number of hydrogen-bond donors (Lipinski definition) is 0. The third-order valence-corrected chi connectivity index (χ3v) is 5.07. The van der Waals surface area contributed by atoms with E-state index >= 15 is 0 Å². The average Bonchev–Trinajstić information content (AvgIpc) is 3.14. The summed E-state index contributed by atoms with van der Waals surface area (Å²) in [5.41, 5.74) is 3.34. The molecule has 0 bridgehead atoms. The molecule has 0 N–H and O–H groups in total. The fraction of sp³-hybridized carbons (Fsp3) is 0.286. The van der Waals surface area contributed by atoms with Crippen molar-refractivity contribution in [2.45, 2.75) is 18.2 Å². The number of rotatable bonds is 8. The van der Waals surface area contributed by atoms with Crippen molar-refractivity contribution < 1.29 is 9.21 Å². The van der Waals surface area contributed by atoms with E-state index in [1.165, 1.54) is 11.8 Å². The summed E-state index contributed by atoms with van der Waals surface area (Å²) in [6, 6.07) is 18.1. The summed E-state index contributed by atoms with van der Waals surface area (Å²) in [5.74, 6) is 0.833. The summed E-state index contributed by atoms with van der Waals surface area (Å²) in [6.07, 6.45) is 0.588. The summed E-state index contributed by atoms with van der Waals surface area (Å²) in [7, 11) is 5.81. The van der Waals surface area contributed by atoms with E-state index in [2.05, 4.69) is 22.3 Å². The van der Waals surface area contributed by atoms with Gasteiger partial charge in [-0.2, -0.15) is 0 Å². The SMILES string of the molecule is CN(Cc1ccc(N(C)C)cc1)C(=O)CSc1nnc(Cc2ccccc2)o1. The highest BCUT2D eigenvalue weighted by Gasteiger charge is 2.13. The Labute approximate surface area is 169 Å². The predicted molar refractivity (Wildman–Crippen MR) is 112 cm³/mol. The first-order chi connectivity index (χ1) is 13.5. The highest BCUT2D eigenvalue weighted by atomic mass is 32.2. The minimum absolute atomic E-state index is 0.0181. The molecule has 3 rings (SSSR count). The molecule has 0 unspecified atom stereocenters. The lowest BCUT2D eigenvalue weighted by molar-refractivity contribution is -0.127. The second kappa shape index (κ2) is 9.41. The number of thioether (sulfide) groups is 1. The Morgan fingerprint density at radius 1 is 0.964 bits per heavy atom. The van der Waals surface area contributed by atoms with E-state index in [4.69, 9.17) is 4.42 Å². The van der Waals surface area contributed by atoms with Gasteiger partial charge < -0.3 is 14.2 Å². The molecular formula is C21H24N4O2S. The van der Waals surface area contributed by atoms with Gasteiger partial charge in [-0.15, -0.1) is 10.2 Å². The van der Waals surface area contributed by atoms with Crippen molar-refractivity contribution in [1.29, 1.82) is 0 Å². The first-order valence-corrected chi connectivity index (χ1v) is 9.99. The Kier molecular flexibility index (Phi) is 6.71. The Balaban J connectivity index is 1.48. The van der Waals surface area contributed by atoms with E-state index in [0.29, 0.717) is 24.1 Å². The summed E-state index contributed by atoms with van der Waals surface area (Å²) in [5, 5.41) is 8.50. The zero-order valence-electron chi connectivity index (χ0n) is 16.3. The molecule has 0 radical (unpaired) electrons. The molecule has 0 saturated carbocycles. The molecule has 0 atom stereocenters. The molecule has 0 aliphatic rings. The van der Waals surface area contributed by atoms with Crippen LogP contribution in [0.4, 0.5) is 5.69 Å². The first kappa shape index (κ1) is 19.9. The number of hydrogen-bond acceptors (Lipinski definition) is 6. The highest BCUT2D eigenvalue weighted by molar-refractivity contribution is 7.99. The van der Waals surface area contributed by atoms with Crippen molar-refractivity contribution in [3.8, 4) is 0 Å². The summed E-state index contributed by atoms with van der Waals surface area (Å²) >= 11 is 1.27. The van der Waals surface area contributed by atoms with Crippen molar-refractivity contribution >= 4 is 23.4 Å². The monoisotopic (exact) mass is 396 g/mol. The number of aromatic nitrogens is 2. The second-order valence-corrected chi connectivity index (χ2v) is 7.65. The second-order valence-electron chi connectivity index (χ2n) is 6.72. The van der Waals surface area contributed by atoms with Gasteiger partial charge in [0.05, 0.1) is 12.2 Å². The topological polar surface area (TPSA) is 62.5 Å². The van der Waals surface area contributed by atoms with Crippen molar-refractivity contribution in [2.75, 3.05) is 31.8 Å². The number of carbonyl (C=O) groups is 1. The molecule has 146 valence electrons. The fourth-order valence-electron chi connectivity index (χ4n) is 2.63. The van der Waals surface area contributed by atoms with E-state index in [9.17, 15) is 4.79 Å². The minimum Gasteiger partial charge on any atom is -0.416 e. The van der Waals surface area contributed by atoms with Gasteiger partial charge in [0.25, 0.3) is 5.22 Å². The molecule has 3 aromatic rings. The van der Waals surface area contributed by atoms with E-state index in [1.54, 1.807) is 11.9 Å². The fourth-order valence-corrected chi connectivity index (χ4v) is 3.35. The quantitative estimate of drug-likeness (QED) is 0.543. The average molecular weight is 397 g/mol. The molecule has 1 amide bonds. The Bertz CT molecular complexity index is 894. The van der Waals surface area contributed by atoms with E-state index in [1.807, 2.05) is 61.5 Å². The summed E-state index contributed by atoms with van der Waals surface area (Å²) < 4.78 is 5.64. The van der Waals surface area contributed by atoms with Gasteiger partial charge >= 0.3 is 0 Å². The molecule has 1 aromatic heterocycles. The molecule has 6 nitrogen and oxygen atoms in total. The number of benzene rings is 2. The molecule has 2 aromatic carbocycles. The zero-order chi connectivity index (χ0) is 19.9. The summed E-state index contributed by atoms with van der Waals surface area (Å²) in [4.78, 5) is 16.2. The number of carbonyl (C=O) groups excluding carboxylic acids is 1. The molecule has 0 aliphatic carbocycles. The van der Waals surface area contributed by atoms with E-state index in [0.717, 1.165) is 16.8 Å². The highest BCUT2D eigenvalue weighted by Crippen LogP contribution is 2.19. The molecule has 0 spiro atoms. The van der Waals surface area contributed by atoms with Gasteiger partial charge in [0, 0.05) is 33.4 Å². The number of nitrogens with zero attached hydrogens (tertiary/aromatic N) is 4. The Hall–Kier alpha value is -2.80. The third kappa shape index (κ3) is 5.60. The van der Waals surface area contributed by atoms with Gasteiger partial charge in [0.1, 0.15) is 0 Å².